The maximum atomic E-state index is 6.02. The molecule has 1 aromatic carbocycles. The third-order valence-corrected chi connectivity index (χ3v) is 2.99. The molecule has 17 heavy (non-hydrogen) atoms. The maximum Gasteiger partial charge on any atom is 0.170 e. The minimum absolute atomic E-state index is 0.565. The van der Waals surface area contributed by atoms with E-state index >= 15 is 0 Å². The molecule has 0 aromatic heterocycles. The van der Waals surface area contributed by atoms with E-state index in [4.69, 9.17) is 35.4 Å². The molecule has 0 aliphatic carbocycles. The summed E-state index contributed by atoms with van der Waals surface area (Å²) in [6.45, 7) is 5.19. The summed E-state index contributed by atoms with van der Waals surface area (Å²) in [6.07, 6.45) is 1.07. The average Bonchev–Trinajstić information content (AvgIpc) is 2.23. The molecule has 0 radical (unpaired) electrons. The predicted molar refractivity (Wildman–Crippen MR) is 80.1 cm³/mol. The van der Waals surface area contributed by atoms with Gasteiger partial charge in [0, 0.05) is 11.6 Å². The Labute approximate surface area is 118 Å². The van der Waals surface area contributed by atoms with E-state index in [0.717, 1.165) is 18.7 Å². The summed E-state index contributed by atoms with van der Waals surface area (Å²) >= 11 is 17.1. The summed E-state index contributed by atoms with van der Waals surface area (Å²) < 4.78 is 0. The smallest absolute Gasteiger partial charge is 0.170 e. The zero-order valence-corrected chi connectivity index (χ0v) is 12.2. The Morgan fingerprint density at radius 3 is 2.71 bits per heavy atom. The monoisotopic (exact) mass is 290 g/mol. The molecule has 0 heterocycles. The lowest BCUT2D eigenvalue weighted by atomic mass is 10.1. The van der Waals surface area contributed by atoms with Crippen molar-refractivity contribution >= 4 is 46.2 Å². The maximum absolute atomic E-state index is 6.02. The van der Waals surface area contributed by atoms with Crippen molar-refractivity contribution in [3.63, 3.8) is 0 Å². The van der Waals surface area contributed by atoms with Crippen LogP contribution in [-0.2, 0) is 0 Å². The topological polar surface area (TPSA) is 24.1 Å². The second kappa shape index (κ2) is 7.04. The van der Waals surface area contributed by atoms with Crippen molar-refractivity contribution in [1.82, 2.24) is 5.32 Å². The van der Waals surface area contributed by atoms with Crippen LogP contribution in [0.3, 0.4) is 0 Å². The van der Waals surface area contributed by atoms with Crippen LogP contribution in [0.15, 0.2) is 18.2 Å². The van der Waals surface area contributed by atoms with Gasteiger partial charge in [0.05, 0.1) is 10.7 Å². The largest absolute Gasteiger partial charge is 0.362 e. The molecule has 0 bridgehead atoms. The van der Waals surface area contributed by atoms with Crippen molar-refractivity contribution in [3.8, 4) is 0 Å². The molecule has 2 nitrogen and oxygen atoms in total. The summed E-state index contributed by atoms with van der Waals surface area (Å²) in [5.74, 6) is 0.653. The molecule has 0 aliphatic heterocycles. The fraction of sp³-hybridized carbons (Fsp3) is 0.417. The lowest BCUT2D eigenvalue weighted by Crippen LogP contribution is -2.29. The van der Waals surface area contributed by atoms with Crippen molar-refractivity contribution in [1.29, 1.82) is 0 Å². The number of hydrogen-bond donors (Lipinski definition) is 2. The van der Waals surface area contributed by atoms with Gasteiger partial charge in [-0.05, 0) is 42.8 Å². The Bertz CT molecular complexity index is 394. The van der Waals surface area contributed by atoms with E-state index in [1.54, 1.807) is 18.2 Å². The Morgan fingerprint density at radius 2 is 2.06 bits per heavy atom. The number of hydrogen-bond acceptors (Lipinski definition) is 1. The third kappa shape index (κ3) is 5.57. The van der Waals surface area contributed by atoms with Crippen LogP contribution in [0.1, 0.15) is 20.3 Å². The van der Waals surface area contributed by atoms with Gasteiger partial charge in [0.2, 0.25) is 0 Å². The van der Waals surface area contributed by atoms with Crippen LogP contribution >= 0.6 is 35.4 Å². The quantitative estimate of drug-likeness (QED) is 0.808. The summed E-state index contributed by atoms with van der Waals surface area (Å²) in [5, 5.41) is 7.95. The Kier molecular flexibility index (Phi) is 6.03. The molecule has 0 unspecified atom stereocenters. The second-order valence-electron chi connectivity index (χ2n) is 4.19. The van der Waals surface area contributed by atoms with Crippen molar-refractivity contribution in [3.05, 3.63) is 28.2 Å². The summed E-state index contributed by atoms with van der Waals surface area (Å²) in [6, 6.07) is 5.23. The molecule has 0 spiro atoms. The van der Waals surface area contributed by atoms with Crippen molar-refractivity contribution in [2.75, 3.05) is 11.9 Å². The van der Waals surface area contributed by atoms with Gasteiger partial charge in [-0.25, -0.2) is 0 Å². The first-order valence-corrected chi connectivity index (χ1v) is 6.65. The van der Waals surface area contributed by atoms with Crippen molar-refractivity contribution in [2.45, 2.75) is 20.3 Å². The zero-order chi connectivity index (χ0) is 12.8. The summed E-state index contributed by atoms with van der Waals surface area (Å²) in [7, 11) is 0. The number of anilines is 1. The molecule has 0 atom stereocenters. The first-order valence-electron chi connectivity index (χ1n) is 5.49. The van der Waals surface area contributed by atoms with Gasteiger partial charge in [-0.3, -0.25) is 0 Å². The number of thiocarbonyl (C=S) groups is 1. The van der Waals surface area contributed by atoms with Gasteiger partial charge in [0.1, 0.15) is 0 Å². The number of halogens is 2. The molecule has 2 N–H and O–H groups in total. The molecular formula is C12H16Cl2N2S. The zero-order valence-electron chi connectivity index (χ0n) is 9.89. The lowest BCUT2D eigenvalue weighted by Gasteiger charge is -2.12. The van der Waals surface area contributed by atoms with Crippen LogP contribution in [0, 0.1) is 5.92 Å². The highest BCUT2D eigenvalue weighted by Crippen LogP contribution is 2.25. The first-order chi connectivity index (χ1) is 7.99. The molecule has 0 saturated carbocycles. The van der Waals surface area contributed by atoms with Crippen LogP contribution in [0.4, 0.5) is 5.69 Å². The van der Waals surface area contributed by atoms with Crippen LogP contribution < -0.4 is 10.6 Å². The second-order valence-corrected chi connectivity index (χ2v) is 5.44. The first kappa shape index (κ1) is 14.6. The van der Waals surface area contributed by atoms with E-state index in [1.165, 1.54) is 0 Å². The normalized spacial score (nSPS) is 10.4. The molecule has 94 valence electrons. The molecule has 0 fully saturated rings. The number of nitrogens with one attached hydrogen (secondary N) is 2. The molecule has 0 saturated heterocycles. The van der Waals surface area contributed by atoms with Gasteiger partial charge < -0.3 is 10.6 Å². The highest BCUT2D eigenvalue weighted by Gasteiger charge is 2.03. The van der Waals surface area contributed by atoms with Crippen molar-refractivity contribution in [2.24, 2.45) is 5.92 Å². The average molecular weight is 291 g/mol. The number of benzene rings is 1. The van der Waals surface area contributed by atoms with E-state index in [2.05, 4.69) is 24.5 Å². The SMILES string of the molecule is CC(C)CCNC(=S)Nc1cc(Cl)ccc1Cl. The van der Waals surface area contributed by atoms with Crippen LogP contribution in [0.5, 0.6) is 0 Å². The van der Waals surface area contributed by atoms with Crippen molar-refractivity contribution < 1.29 is 0 Å². The summed E-state index contributed by atoms with van der Waals surface area (Å²) in [5.41, 5.74) is 0.723. The van der Waals surface area contributed by atoms with Gasteiger partial charge >= 0.3 is 0 Å². The highest BCUT2D eigenvalue weighted by atomic mass is 35.5. The van der Waals surface area contributed by atoms with E-state index < -0.39 is 0 Å². The minimum atomic E-state index is 0.565. The van der Waals surface area contributed by atoms with Crippen LogP contribution in [0.25, 0.3) is 0 Å². The predicted octanol–water partition coefficient (Wildman–Crippen LogP) is 4.33. The van der Waals surface area contributed by atoms with Gasteiger partial charge in [-0.15, -0.1) is 0 Å². The molecule has 1 rings (SSSR count). The Morgan fingerprint density at radius 1 is 1.35 bits per heavy atom. The van der Waals surface area contributed by atoms with Crippen LogP contribution in [0.2, 0.25) is 10.0 Å². The molecule has 5 heteroatoms. The number of rotatable bonds is 4. The highest BCUT2D eigenvalue weighted by molar-refractivity contribution is 7.80. The molecule has 0 amide bonds. The van der Waals surface area contributed by atoms with Gasteiger partial charge in [0.15, 0.2) is 5.11 Å². The minimum Gasteiger partial charge on any atom is -0.362 e. The van der Waals surface area contributed by atoms with E-state index in [1.807, 2.05) is 0 Å². The van der Waals surface area contributed by atoms with E-state index in [0.29, 0.717) is 21.1 Å². The standard InChI is InChI=1S/C12H16Cl2N2S/c1-8(2)5-6-15-12(17)16-11-7-9(13)3-4-10(11)14/h3-4,7-8H,5-6H2,1-2H3,(H2,15,16,17). The lowest BCUT2D eigenvalue weighted by molar-refractivity contribution is 0.579. The molecule has 0 aliphatic rings. The van der Waals surface area contributed by atoms with Crippen LogP contribution in [-0.4, -0.2) is 11.7 Å². The fourth-order valence-electron chi connectivity index (χ4n) is 1.23. The van der Waals surface area contributed by atoms with Gasteiger partial charge in [0.25, 0.3) is 0 Å². The molecule has 1 aromatic rings. The van der Waals surface area contributed by atoms with Gasteiger partial charge in [-0.2, -0.15) is 0 Å². The fourth-order valence-corrected chi connectivity index (χ4v) is 1.78. The van der Waals surface area contributed by atoms with Gasteiger partial charge in [-0.1, -0.05) is 37.0 Å². The third-order valence-electron chi connectivity index (χ3n) is 2.18. The Hall–Kier alpha value is -0.510. The molecular weight excluding hydrogens is 275 g/mol. The van der Waals surface area contributed by atoms with E-state index in [9.17, 15) is 0 Å². The Balaban J connectivity index is 2.47. The summed E-state index contributed by atoms with van der Waals surface area (Å²) in [4.78, 5) is 0. The van der Waals surface area contributed by atoms with E-state index in [-0.39, 0.29) is 0 Å².